The minimum atomic E-state index is -0.765. The molecule has 1 aromatic rings. The van der Waals surface area contributed by atoms with Gasteiger partial charge < -0.3 is 20.5 Å². The molecule has 0 aliphatic heterocycles. The van der Waals surface area contributed by atoms with Crippen molar-refractivity contribution in [3.63, 3.8) is 0 Å². The van der Waals surface area contributed by atoms with Crippen molar-refractivity contribution in [2.45, 2.75) is 18.9 Å². The summed E-state index contributed by atoms with van der Waals surface area (Å²) in [5.74, 6) is 1.28. The zero-order chi connectivity index (χ0) is 14.4. The van der Waals surface area contributed by atoms with Gasteiger partial charge in [0.1, 0.15) is 5.75 Å². The number of hydrogen-bond acceptors (Lipinski definition) is 4. The fourth-order valence-electron chi connectivity index (χ4n) is 2.04. The van der Waals surface area contributed by atoms with Crippen molar-refractivity contribution in [1.29, 1.82) is 0 Å². The van der Waals surface area contributed by atoms with Crippen molar-refractivity contribution in [2.75, 3.05) is 26.7 Å². The predicted molar refractivity (Wildman–Crippen MR) is 76.6 cm³/mol. The molecule has 1 saturated carbocycles. The molecule has 0 aromatic heterocycles. The topological polar surface area (TPSA) is 70.6 Å². The maximum Gasteiger partial charge on any atom is 0.234 e. The Bertz CT molecular complexity index is 446. The van der Waals surface area contributed by atoms with Gasteiger partial charge in [0.2, 0.25) is 5.91 Å². The zero-order valence-corrected chi connectivity index (χ0v) is 11.8. The maximum atomic E-state index is 11.6. The van der Waals surface area contributed by atoms with Crippen LogP contribution >= 0.6 is 0 Å². The molecule has 1 fully saturated rings. The summed E-state index contributed by atoms with van der Waals surface area (Å²) in [5.41, 5.74) is 0.682. The number of benzene rings is 1. The number of nitrogens with one attached hydrogen (secondary N) is 2. The van der Waals surface area contributed by atoms with Crippen molar-refractivity contribution < 1.29 is 14.6 Å². The number of amides is 1. The number of aliphatic hydroxyl groups is 1. The molecule has 1 amide bonds. The zero-order valence-electron chi connectivity index (χ0n) is 11.8. The monoisotopic (exact) mass is 278 g/mol. The first kappa shape index (κ1) is 14.8. The van der Waals surface area contributed by atoms with E-state index < -0.39 is 6.10 Å². The van der Waals surface area contributed by atoms with Gasteiger partial charge >= 0.3 is 0 Å². The average Bonchev–Trinajstić information content (AvgIpc) is 3.29. The lowest BCUT2D eigenvalue weighted by molar-refractivity contribution is -0.120. The van der Waals surface area contributed by atoms with E-state index in [0.717, 1.165) is 12.5 Å². The molecule has 110 valence electrons. The Morgan fingerprint density at radius 3 is 2.90 bits per heavy atom. The molecule has 2 rings (SSSR count). The summed E-state index contributed by atoms with van der Waals surface area (Å²) in [4.78, 5) is 11.6. The van der Waals surface area contributed by atoms with Crippen LogP contribution in [0.5, 0.6) is 5.75 Å². The second-order valence-electron chi connectivity index (χ2n) is 5.14. The molecule has 0 saturated heterocycles. The van der Waals surface area contributed by atoms with Gasteiger partial charge in [-0.05, 0) is 31.4 Å². The summed E-state index contributed by atoms with van der Waals surface area (Å²) < 4.78 is 5.19. The molecule has 3 N–H and O–H groups in total. The van der Waals surface area contributed by atoms with E-state index in [2.05, 4.69) is 10.6 Å². The van der Waals surface area contributed by atoms with Crippen LogP contribution in [0.2, 0.25) is 0 Å². The number of ether oxygens (including phenoxy) is 1. The van der Waals surface area contributed by atoms with Crippen LogP contribution in [0.25, 0.3) is 0 Å². The fourth-order valence-corrected chi connectivity index (χ4v) is 2.04. The Hall–Kier alpha value is -1.59. The fraction of sp³-hybridized carbons (Fsp3) is 0.533. The molecule has 1 aliphatic carbocycles. The van der Waals surface area contributed by atoms with E-state index in [-0.39, 0.29) is 12.5 Å². The largest absolute Gasteiger partial charge is 0.496 e. The normalized spacial score (nSPS) is 15.7. The van der Waals surface area contributed by atoms with Crippen LogP contribution in [0.3, 0.4) is 0 Å². The van der Waals surface area contributed by atoms with Crippen LogP contribution in [0.15, 0.2) is 24.3 Å². The SMILES string of the molecule is COc1ccccc1C(O)CNC(=O)CNCC1CC1. The summed E-state index contributed by atoms with van der Waals surface area (Å²) in [7, 11) is 1.56. The number of carbonyl (C=O) groups is 1. The van der Waals surface area contributed by atoms with Gasteiger partial charge in [-0.3, -0.25) is 4.79 Å². The average molecular weight is 278 g/mol. The Balaban J connectivity index is 1.72. The number of methoxy groups -OCH3 is 1. The van der Waals surface area contributed by atoms with Crippen molar-refractivity contribution >= 4 is 5.91 Å². The van der Waals surface area contributed by atoms with Crippen LogP contribution in [0.4, 0.5) is 0 Å². The maximum absolute atomic E-state index is 11.6. The summed E-state index contributed by atoms with van der Waals surface area (Å²) >= 11 is 0. The Morgan fingerprint density at radius 1 is 1.45 bits per heavy atom. The predicted octanol–water partition coefficient (Wildman–Crippen LogP) is 0.844. The quantitative estimate of drug-likeness (QED) is 0.659. The number of carbonyl (C=O) groups excluding carboxylic acids is 1. The van der Waals surface area contributed by atoms with Crippen molar-refractivity contribution in [3.8, 4) is 5.75 Å². The standard InChI is InChI=1S/C15H22N2O3/c1-20-14-5-3-2-4-12(14)13(18)9-17-15(19)10-16-8-11-6-7-11/h2-5,11,13,16,18H,6-10H2,1H3,(H,17,19). The number of rotatable bonds is 8. The Morgan fingerprint density at radius 2 is 2.20 bits per heavy atom. The molecule has 20 heavy (non-hydrogen) atoms. The first-order valence-electron chi connectivity index (χ1n) is 6.99. The lowest BCUT2D eigenvalue weighted by Crippen LogP contribution is -2.36. The van der Waals surface area contributed by atoms with Crippen molar-refractivity contribution in [2.24, 2.45) is 5.92 Å². The Labute approximate surface area is 119 Å². The summed E-state index contributed by atoms with van der Waals surface area (Å²) in [5, 5.41) is 15.9. The van der Waals surface area contributed by atoms with Crippen LogP contribution in [-0.2, 0) is 4.79 Å². The highest BCUT2D eigenvalue weighted by atomic mass is 16.5. The first-order valence-corrected chi connectivity index (χ1v) is 6.99. The summed E-state index contributed by atoms with van der Waals surface area (Å²) in [6.45, 7) is 1.39. The van der Waals surface area contributed by atoms with E-state index in [1.807, 2.05) is 12.1 Å². The third kappa shape index (κ3) is 4.51. The van der Waals surface area contributed by atoms with Gasteiger partial charge in [-0.2, -0.15) is 0 Å². The molecule has 1 aromatic carbocycles. The smallest absolute Gasteiger partial charge is 0.234 e. The molecule has 0 radical (unpaired) electrons. The van der Waals surface area contributed by atoms with Crippen molar-refractivity contribution in [3.05, 3.63) is 29.8 Å². The Kier molecular flexibility index (Phi) is 5.38. The highest BCUT2D eigenvalue weighted by Crippen LogP contribution is 2.27. The van der Waals surface area contributed by atoms with Gasteiger partial charge in [0.15, 0.2) is 0 Å². The van der Waals surface area contributed by atoms with E-state index in [9.17, 15) is 9.90 Å². The van der Waals surface area contributed by atoms with Crippen LogP contribution in [0.1, 0.15) is 24.5 Å². The highest BCUT2D eigenvalue weighted by Gasteiger charge is 2.20. The van der Waals surface area contributed by atoms with E-state index in [0.29, 0.717) is 17.9 Å². The first-order chi connectivity index (χ1) is 9.70. The van der Waals surface area contributed by atoms with Gasteiger partial charge in [0.25, 0.3) is 0 Å². The van der Waals surface area contributed by atoms with E-state index in [4.69, 9.17) is 4.74 Å². The summed E-state index contributed by atoms with van der Waals surface area (Å²) in [6.07, 6.45) is 1.76. The van der Waals surface area contributed by atoms with E-state index in [1.165, 1.54) is 12.8 Å². The third-order valence-electron chi connectivity index (χ3n) is 3.41. The van der Waals surface area contributed by atoms with Crippen LogP contribution in [0, 0.1) is 5.92 Å². The minimum absolute atomic E-state index is 0.0976. The molecule has 1 unspecified atom stereocenters. The third-order valence-corrected chi connectivity index (χ3v) is 3.41. The van der Waals surface area contributed by atoms with Gasteiger partial charge in [0.05, 0.1) is 19.8 Å². The molecular weight excluding hydrogens is 256 g/mol. The van der Waals surface area contributed by atoms with E-state index in [1.54, 1.807) is 19.2 Å². The molecule has 1 atom stereocenters. The van der Waals surface area contributed by atoms with Gasteiger partial charge in [-0.15, -0.1) is 0 Å². The summed E-state index contributed by atoms with van der Waals surface area (Å²) in [6, 6.07) is 7.26. The molecule has 5 heteroatoms. The lowest BCUT2D eigenvalue weighted by atomic mass is 10.1. The van der Waals surface area contributed by atoms with Gasteiger partial charge in [-0.25, -0.2) is 0 Å². The second-order valence-corrected chi connectivity index (χ2v) is 5.14. The molecule has 1 aliphatic rings. The number of hydrogen-bond donors (Lipinski definition) is 3. The van der Waals surface area contributed by atoms with Gasteiger partial charge in [-0.1, -0.05) is 18.2 Å². The molecular formula is C15H22N2O3. The lowest BCUT2D eigenvalue weighted by Gasteiger charge is -2.15. The molecule has 0 bridgehead atoms. The molecule has 0 spiro atoms. The van der Waals surface area contributed by atoms with E-state index >= 15 is 0 Å². The number of para-hydroxylation sites is 1. The highest BCUT2D eigenvalue weighted by molar-refractivity contribution is 5.78. The molecule has 0 heterocycles. The number of aliphatic hydroxyl groups excluding tert-OH is 1. The second kappa shape index (κ2) is 7.26. The molecule has 5 nitrogen and oxygen atoms in total. The minimum Gasteiger partial charge on any atom is -0.496 e. The van der Waals surface area contributed by atoms with Crippen LogP contribution in [-0.4, -0.2) is 37.8 Å². The van der Waals surface area contributed by atoms with Crippen LogP contribution < -0.4 is 15.4 Å². The van der Waals surface area contributed by atoms with Gasteiger partial charge in [0, 0.05) is 12.1 Å². The van der Waals surface area contributed by atoms with Crippen molar-refractivity contribution in [1.82, 2.24) is 10.6 Å².